The number of aliphatic hydroxyl groups is 1. The van der Waals surface area contributed by atoms with Crippen LogP contribution in [-0.4, -0.2) is 64.6 Å². The molecule has 0 radical (unpaired) electrons. The zero-order valence-electron chi connectivity index (χ0n) is 9.96. The highest BCUT2D eigenvalue weighted by atomic mass is 32.2. The number of likely N-dealkylation sites (N-methyl/N-ethyl adjacent to an activating group) is 1. The van der Waals surface area contributed by atoms with Crippen molar-refractivity contribution >= 4 is 23.6 Å². The summed E-state index contributed by atoms with van der Waals surface area (Å²) in [6.07, 6.45) is 1.40. The fraction of sp³-hybridized carbons (Fsp3) is 0.818. The van der Waals surface area contributed by atoms with Crippen molar-refractivity contribution in [2.75, 3.05) is 31.8 Å². The lowest BCUT2D eigenvalue weighted by Crippen LogP contribution is -2.44. The predicted molar refractivity (Wildman–Crippen MR) is 65.4 cm³/mol. The molecule has 1 N–H and O–H groups in total. The van der Waals surface area contributed by atoms with Crippen LogP contribution in [0.3, 0.4) is 0 Å². The van der Waals surface area contributed by atoms with Crippen molar-refractivity contribution in [2.24, 2.45) is 5.92 Å². The van der Waals surface area contributed by atoms with Crippen LogP contribution in [0.4, 0.5) is 0 Å². The van der Waals surface area contributed by atoms with Gasteiger partial charge in [0.05, 0.1) is 17.7 Å². The second-order valence-corrected chi connectivity index (χ2v) is 5.79. The topological polar surface area (TPSA) is 60.9 Å². The van der Waals surface area contributed by atoms with E-state index in [1.165, 1.54) is 0 Å². The van der Waals surface area contributed by atoms with E-state index in [0.717, 1.165) is 12.8 Å². The lowest BCUT2D eigenvalue weighted by molar-refractivity contribution is -0.138. The number of amides is 2. The summed E-state index contributed by atoms with van der Waals surface area (Å²) in [5.74, 6) is 1.58. The van der Waals surface area contributed by atoms with Crippen LogP contribution in [-0.2, 0) is 9.59 Å². The number of rotatable bonds is 4. The molecule has 2 rings (SSSR count). The first-order valence-corrected chi connectivity index (χ1v) is 6.99. The van der Waals surface area contributed by atoms with Crippen LogP contribution in [0.1, 0.15) is 12.8 Å². The first-order chi connectivity index (χ1) is 8.06. The van der Waals surface area contributed by atoms with Crippen molar-refractivity contribution in [1.29, 1.82) is 0 Å². The van der Waals surface area contributed by atoms with Crippen molar-refractivity contribution in [2.45, 2.75) is 18.9 Å². The molecular weight excluding hydrogens is 240 g/mol. The summed E-state index contributed by atoms with van der Waals surface area (Å²) >= 11 is 1.55. The van der Waals surface area contributed by atoms with Gasteiger partial charge in [0.25, 0.3) is 0 Å². The third-order valence-electron chi connectivity index (χ3n) is 3.32. The van der Waals surface area contributed by atoms with Crippen molar-refractivity contribution < 1.29 is 14.7 Å². The maximum atomic E-state index is 11.9. The van der Waals surface area contributed by atoms with Gasteiger partial charge >= 0.3 is 0 Å². The van der Waals surface area contributed by atoms with Crippen LogP contribution < -0.4 is 0 Å². The van der Waals surface area contributed by atoms with Crippen molar-refractivity contribution in [3.63, 3.8) is 0 Å². The van der Waals surface area contributed by atoms with Gasteiger partial charge in [-0.3, -0.25) is 9.59 Å². The molecule has 1 saturated carbocycles. The van der Waals surface area contributed by atoms with E-state index >= 15 is 0 Å². The Hall–Kier alpha value is -0.750. The third-order valence-corrected chi connectivity index (χ3v) is 4.27. The van der Waals surface area contributed by atoms with Crippen LogP contribution in [0.2, 0.25) is 0 Å². The third kappa shape index (κ3) is 3.13. The van der Waals surface area contributed by atoms with Crippen LogP contribution in [0.15, 0.2) is 0 Å². The summed E-state index contributed by atoms with van der Waals surface area (Å²) < 4.78 is 0. The fourth-order valence-electron chi connectivity index (χ4n) is 2.16. The molecule has 1 aliphatic carbocycles. The van der Waals surface area contributed by atoms with E-state index in [1.54, 1.807) is 28.6 Å². The molecule has 0 aromatic rings. The highest BCUT2D eigenvalue weighted by molar-refractivity contribution is 8.00. The molecule has 0 atom stereocenters. The molecule has 0 bridgehead atoms. The molecule has 2 amide bonds. The molecule has 1 saturated heterocycles. The average Bonchev–Trinajstić information content (AvgIpc) is 2.62. The van der Waals surface area contributed by atoms with Gasteiger partial charge in [-0.05, 0) is 18.8 Å². The molecule has 1 heterocycles. The maximum absolute atomic E-state index is 11.9. The minimum Gasteiger partial charge on any atom is -0.393 e. The van der Waals surface area contributed by atoms with E-state index in [9.17, 15) is 14.7 Å². The Morgan fingerprint density at radius 3 is 2.82 bits per heavy atom. The molecular formula is C11H18N2O3S. The number of thioether (sulfide) groups is 1. The Kier molecular flexibility index (Phi) is 3.93. The first-order valence-electron chi connectivity index (χ1n) is 5.84. The lowest BCUT2D eigenvalue weighted by Gasteiger charge is -2.34. The number of carbonyl (C=O) groups excluding carboxylic acids is 2. The Balaban J connectivity index is 1.73. The maximum Gasteiger partial charge on any atom is 0.241 e. The van der Waals surface area contributed by atoms with Crippen LogP contribution in [0.25, 0.3) is 0 Å². The molecule has 6 heteroatoms. The van der Waals surface area contributed by atoms with E-state index in [4.69, 9.17) is 0 Å². The predicted octanol–water partition coefficient (Wildman–Crippen LogP) is -0.251. The Morgan fingerprint density at radius 2 is 2.29 bits per heavy atom. The Labute approximate surface area is 105 Å². The monoisotopic (exact) mass is 258 g/mol. The van der Waals surface area contributed by atoms with Crippen LogP contribution in [0.5, 0.6) is 0 Å². The standard InChI is InChI=1S/C11H18N2O3S/c1-12(4-8-2-9(14)3-8)10(15)5-13-7-17-6-11(13)16/h8-9,14H,2-7H2,1H3. The zero-order valence-corrected chi connectivity index (χ0v) is 10.8. The number of aliphatic hydroxyl groups excluding tert-OH is 1. The van der Waals surface area contributed by atoms with Gasteiger partial charge < -0.3 is 14.9 Å². The van der Waals surface area contributed by atoms with Gasteiger partial charge in [-0.1, -0.05) is 0 Å². The smallest absolute Gasteiger partial charge is 0.241 e. The number of hydrogen-bond acceptors (Lipinski definition) is 4. The lowest BCUT2D eigenvalue weighted by atomic mass is 9.82. The minimum absolute atomic E-state index is 0.0118. The van der Waals surface area contributed by atoms with Gasteiger partial charge in [-0.15, -0.1) is 11.8 Å². The molecule has 1 aliphatic heterocycles. The Bertz CT molecular complexity index is 318. The second kappa shape index (κ2) is 5.27. The molecule has 96 valence electrons. The van der Waals surface area contributed by atoms with E-state index in [2.05, 4.69) is 0 Å². The van der Waals surface area contributed by atoms with E-state index in [1.807, 2.05) is 0 Å². The second-order valence-electron chi connectivity index (χ2n) is 4.83. The van der Waals surface area contributed by atoms with Crippen molar-refractivity contribution in [3.05, 3.63) is 0 Å². The number of carbonyl (C=O) groups is 2. The van der Waals surface area contributed by atoms with Gasteiger partial charge in [0.2, 0.25) is 11.8 Å². The molecule has 2 aliphatic rings. The first kappa shape index (κ1) is 12.7. The fourth-order valence-corrected chi connectivity index (χ4v) is 3.07. The van der Waals surface area contributed by atoms with Crippen molar-refractivity contribution in [3.8, 4) is 0 Å². The van der Waals surface area contributed by atoms with E-state index < -0.39 is 0 Å². The molecule has 0 aromatic heterocycles. The highest BCUT2D eigenvalue weighted by Crippen LogP contribution is 2.27. The van der Waals surface area contributed by atoms with Gasteiger partial charge in [0, 0.05) is 13.6 Å². The SMILES string of the molecule is CN(CC1CC(O)C1)C(=O)CN1CSCC1=O. The normalized spacial score (nSPS) is 28.1. The van der Waals surface area contributed by atoms with Crippen LogP contribution in [0, 0.1) is 5.92 Å². The molecule has 2 fully saturated rings. The number of nitrogens with zero attached hydrogens (tertiary/aromatic N) is 2. The molecule has 0 spiro atoms. The minimum atomic E-state index is -0.180. The summed E-state index contributed by atoms with van der Waals surface area (Å²) in [7, 11) is 1.76. The summed E-state index contributed by atoms with van der Waals surface area (Å²) in [6, 6.07) is 0. The summed E-state index contributed by atoms with van der Waals surface area (Å²) in [5.41, 5.74) is 0. The Morgan fingerprint density at radius 1 is 1.59 bits per heavy atom. The summed E-state index contributed by atoms with van der Waals surface area (Å²) in [6.45, 7) is 0.878. The van der Waals surface area contributed by atoms with Gasteiger partial charge in [-0.2, -0.15) is 0 Å². The van der Waals surface area contributed by atoms with Gasteiger partial charge in [0.1, 0.15) is 6.54 Å². The van der Waals surface area contributed by atoms with Gasteiger partial charge in [-0.25, -0.2) is 0 Å². The summed E-state index contributed by atoms with van der Waals surface area (Å²) in [4.78, 5) is 26.5. The van der Waals surface area contributed by atoms with Crippen molar-refractivity contribution in [1.82, 2.24) is 9.80 Å². The van der Waals surface area contributed by atoms with E-state index in [-0.39, 0.29) is 24.5 Å². The van der Waals surface area contributed by atoms with E-state index in [0.29, 0.717) is 24.1 Å². The zero-order chi connectivity index (χ0) is 12.4. The highest BCUT2D eigenvalue weighted by Gasteiger charge is 2.30. The average molecular weight is 258 g/mol. The molecule has 0 unspecified atom stereocenters. The van der Waals surface area contributed by atoms with Gasteiger partial charge in [0.15, 0.2) is 0 Å². The molecule has 5 nitrogen and oxygen atoms in total. The number of hydrogen-bond donors (Lipinski definition) is 1. The largest absolute Gasteiger partial charge is 0.393 e. The summed E-state index contributed by atoms with van der Waals surface area (Å²) in [5, 5.41) is 9.18. The van der Waals surface area contributed by atoms with Crippen LogP contribution >= 0.6 is 11.8 Å². The quantitative estimate of drug-likeness (QED) is 0.755. The molecule has 0 aromatic carbocycles. The molecule has 17 heavy (non-hydrogen) atoms.